The number of carbonyl (C=O) groups is 2. The molecule has 6 nitrogen and oxygen atoms in total. The molecule has 0 aliphatic heterocycles. The molecule has 36 heavy (non-hydrogen) atoms. The zero-order valence-corrected chi connectivity index (χ0v) is 23.4. The Bertz CT molecular complexity index is 687. The molecular weight excluding hydrogens is 456 g/mol. The van der Waals surface area contributed by atoms with Crippen molar-refractivity contribution in [3.8, 4) is 0 Å². The highest BCUT2D eigenvalue weighted by Crippen LogP contribution is 2.47. The first-order valence-corrected chi connectivity index (χ1v) is 14.3. The van der Waals surface area contributed by atoms with Crippen LogP contribution in [0.1, 0.15) is 97.8 Å². The average molecular weight is 509 g/mol. The number of fused-ring (bicyclic) bond motifs is 1. The molecule has 2 aliphatic carbocycles. The number of ether oxygens (including phenoxy) is 3. The number of aliphatic hydroxyl groups excluding tert-OH is 1. The van der Waals surface area contributed by atoms with Crippen molar-refractivity contribution >= 4 is 11.9 Å². The van der Waals surface area contributed by atoms with Gasteiger partial charge in [0, 0.05) is 13.0 Å². The lowest BCUT2D eigenvalue weighted by Crippen LogP contribution is -2.33. The molecule has 2 rings (SSSR count). The van der Waals surface area contributed by atoms with E-state index in [-0.39, 0.29) is 37.9 Å². The summed E-state index contributed by atoms with van der Waals surface area (Å²) in [6.45, 7) is 9.55. The van der Waals surface area contributed by atoms with Crippen LogP contribution in [0, 0.1) is 35.0 Å². The third kappa shape index (κ3) is 10.2. The summed E-state index contributed by atoms with van der Waals surface area (Å²) in [5.74, 6) is 2.43. The van der Waals surface area contributed by atoms with Gasteiger partial charge in [-0.05, 0) is 76.0 Å². The highest BCUT2D eigenvalue weighted by molar-refractivity contribution is 5.87. The molecule has 6 heteroatoms. The predicted molar refractivity (Wildman–Crippen MR) is 142 cm³/mol. The van der Waals surface area contributed by atoms with Crippen LogP contribution in [0.5, 0.6) is 0 Å². The third-order valence-corrected chi connectivity index (χ3v) is 8.48. The Morgan fingerprint density at radius 1 is 0.972 bits per heavy atom. The van der Waals surface area contributed by atoms with Crippen molar-refractivity contribution in [3.63, 3.8) is 0 Å². The molecule has 0 spiro atoms. The van der Waals surface area contributed by atoms with Crippen LogP contribution in [0.2, 0.25) is 0 Å². The van der Waals surface area contributed by atoms with E-state index in [1.807, 2.05) is 0 Å². The van der Waals surface area contributed by atoms with Crippen molar-refractivity contribution in [2.24, 2.45) is 35.0 Å². The fourth-order valence-electron chi connectivity index (χ4n) is 5.96. The van der Waals surface area contributed by atoms with E-state index in [1.54, 1.807) is 13.8 Å². The molecule has 0 bridgehead atoms. The van der Waals surface area contributed by atoms with Gasteiger partial charge in [-0.3, -0.25) is 4.79 Å². The van der Waals surface area contributed by atoms with Crippen molar-refractivity contribution < 1.29 is 28.9 Å². The van der Waals surface area contributed by atoms with E-state index in [9.17, 15) is 14.7 Å². The van der Waals surface area contributed by atoms with Crippen LogP contribution in [0.4, 0.5) is 0 Å². The minimum absolute atomic E-state index is 0.0743. The van der Waals surface area contributed by atoms with E-state index in [0.717, 1.165) is 30.6 Å². The van der Waals surface area contributed by atoms with Gasteiger partial charge in [-0.25, -0.2) is 4.79 Å². The number of aliphatic hydroxyl groups is 1. The molecule has 2 saturated carbocycles. The number of hydrogen-bond acceptors (Lipinski definition) is 6. The molecule has 0 radical (unpaired) electrons. The maximum absolute atomic E-state index is 12.4. The molecule has 0 amide bonds. The molecule has 0 aromatic carbocycles. The number of rotatable bonds is 16. The summed E-state index contributed by atoms with van der Waals surface area (Å²) >= 11 is 0. The smallest absolute Gasteiger partial charge is 0.335 e. The fourth-order valence-corrected chi connectivity index (χ4v) is 5.96. The molecule has 1 N–H and O–H groups in total. The summed E-state index contributed by atoms with van der Waals surface area (Å²) in [5, 5.41) is 9.46. The Morgan fingerprint density at radius 2 is 1.58 bits per heavy atom. The molecule has 2 aliphatic rings. The molecule has 0 saturated heterocycles. The van der Waals surface area contributed by atoms with E-state index in [2.05, 4.69) is 13.5 Å². The van der Waals surface area contributed by atoms with Crippen molar-refractivity contribution in [2.45, 2.75) is 97.8 Å². The highest BCUT2D eigenvalue weighted by Gasteiger charge is 2.35. The first-order valence-electron chi connectivity index (χ1n) is 14.3. The van der Waals surface area contributed by atoms with Gasteiger partial charge in [0.15, 0.2) is 0 Å². The van der Waals surface area contributed by atoms with E-state index < -0.39 is 17.4 Å². The normalized spacial score (nSPS) is 25.0. The predicted octanol–water partition coefficient (Wildman–Crippen LogP) is 6.10. The maximum Gasteiger partial charge on any atom is 0.335 e. The van der Waals surface area contributed by atoms with E-state index in [0.29, 0.717) is 5.92 Å². The van der Waals surface area contributed by atoms with Gasteiger partial charge in [-0.2, -0.15) is 0 Å². The van der Waals surface area contributed by atoms with Gasteiger partial charge in [0.05, 0.1) is 37.4 Å². The maximum atomic E-state index is 12.4. The van der Waals surface area contributed by atoms with Crippen LogP contribution >= 0.6 is 0 Å². The summed E-state index contributed by atoms with van der Waals surface area (Å²) in [6.07, 6.45) is 15.5. The van der Waals surface area contributed by atoms with Crippen LogP contribution in [0.15, 0.2) is 12.2 Å². The molecule has 5 atom stereocenters. The van der Waals surface area contributed by atoms with Gasteiger partial charge >= 0.3 is 11.9 Å². The summed E-state index contributed by atoms with van der Waals surface area (Å²) in [7, 11) is 1.51. The second-order valence-electron chi connectivity index (χ2n) is 12.1. The Balaban J connectivity index is 1.84. The van der Waals surface area contributed by atoms with Crippen molar-refractivity contribution in [3.05, 3.63) is 12.2 Å². The number of hydrogen-bond donors (Lipinski definition) is 1. The Hall–Kier alpha value is -1.40. The zero-order valence-electron chi connectivity index (χ0n) is 23.4. The minimum Gasteiger partial charge on any atom is -0.465 e. The molecule has 0 aromatic rings. The monoisotopic (exact) mass is 508 g/mol. The van der Waals surface area contributed by atoms with Crippen molar-refractivity contribution in [1.29, 1.82) is 0 Å². The van der Waals surface area contributed by atoms with Crippen LogP contribution in [-0.4, -0.2) is 50.6 Å². The summed E-state index contributed by atoms with van der Waals surface area (Å²) in [4.78, 5) is 24.6. The van der Waals surface area contributed by atoms with E-state index >= 15 is 0 Å². The second kappa shape index (κ2) is 15.8. The van der Waals surface area contributed by atoms with Crippen LogP contribution < -0.4 is 0 Å². The van der Waals surface area contributed by atoms with Gasteiger partial charge in [0.2, 0.25) is 0 Å². The Kier molecular flexibility index (Phi) is 13.5. The van der Waals surface area contributed by atoms with E-state index in [4.69, 9.17) is 14.2 Å². The number of methoxy groups -OCH3 is 1. The minimum atomic E-state index is -0.943. The van der Waals surface area contributed by atoms with Gasteiger partial charge in [0.25, 0.3) is 0 Å². The topological polar surface area (TPSA) is 82.1 Å². The van der Waals surface area contributed by atoms with Crippen LogP contribution in [0.3, 0.4) is 0 Å². The third-order valence-electron chi connectivity index (χ3n) is 8.48. The SMILES string of the molecule is C=C(COC)C(=O)OCC(CCC1CCC2CC(CCCCC)CCC2C1)COC(=O)C(C)(C)CO. The summed E-state index contributed by atoms with van der Waals surface area (Å²) in [5.41, 5.74) is -0.667. The molecule has 0 aromatic heterocycles. The quantitative estimate of drug-likeness (QED) is 0.154. The molecule has 2 fully saturated rings. The lowest BCUT2D eigenvalue weighted by molar-refractivity contribution is -0.158. The van der Waals surface area contributed by atoms with Crippen molar-refractivity contribution in [1.82, 2.24) is 0 Å². The zero-order chi connectivity index (χ0) is 26.6. The van der Waals surface area contributed by atoms with Gasteiger partial charge in [0.1, 0.15) is 0 Å². The van der Waals surface area contributed by atoms with E-state index in [1.165, 1.54) is 71.3 Å². The first kappa shape index (κ1) is 30.8. The lowest BCUT2D eigenvalue weighted by atomic mass is 9.63. The molecule has 208 valence electrons. The largest absolute Gasteiger partial charge is 0.465 e. The molecule has 0 heterocycles. The number of unbranched alkanes of at least 4 members (excludes halogenated alkanes) is 2. The average Bonchev–Trinajstić information content (AvgIpc) is 2.87. The summed E-state index contributed by atoms with van der Waals surface area (Å²) < 4.78 is 16.0. The highest BCUT2D eigenvalue weighted by atomic mass is 16.5. The summed E-state index contributed by atoms with van der Waals surface area (Å²) in [6, 6.07) is 0. The van der Waals surface area contributed by atoms with Gasteiger partial charge < -0.3 is 19.3 Å². The van der Waals surface area contributed by atoms with Gasteiger partial charge in [-0.1, -0.05) is 52.0 Å². The standard InChI is InChI=1S/C30H52O6/c1-6-7-8-9-23-12-14-27-17-24(13-15-26(27)16-23)10-11-25(19-35-28(32)22(2)18-34-5)20-36-29(33)30(3,4)21-31/h23-27,31H,2,6-21H2,1,3-5H3. The van der Waals surface area contributed by atoms with Crippen LogP contribution in [-0.2, 0) is 23.8 Å². The lowest BCUT2D eigenvalue weighted by Gasteiger charge is -2.42. The molecule has 5 unspecified atom stereocenters. The number of esters is 2. The Labute approximate surface area is 219 Å². The first-order chi connectivity index (χ1) is 17.2. The van der Waals surface area contributed by atoms with Crippen LogP contribution in [0.25, 0.3) is 0 Å². The van der Waals surface area contributed by atoms with Crippen molar-refractivity contribution in [2.75, 3.05) is 33.5 Å². The van der Waals surface area contributed by atoms with Gasteiger partial charge in [-0.15, -0.1) is 0 Å². The Morgan fingerprint density at radius 3 is 2.17 bits per heavy atom. The fraction of sp³-hybridized carbons (Fsp3) is 0.867. The second-order valence-corrected chi connectivity index (χ2v) is 12.1. The number of carbonyl (C=O) groups excluding carboxylic acids is 2. The molecular formula is C30H52O6.